The minimum absolute atomic E-state index is 0.0177. The van der Waals surface area contributed by atoms with Gasteiger partial charge in [-0.1, -0.05) is 0 Å². The summed E-state index contributed by atoms with van der Waals surface area (Å²) in [5.74, 6) is 0.0863. The zero-order chi connectivity index (χ0) is 20.0. The Morgan fingerprint density at radius 1 is 1.07 bits per heavy atom. The Morgan fingerprint density at radius 3 is 2.72 bits per heavy atom. The molecule has 0 radical (unpaired) electrons. The first kappa shape index (κ1) is 17.7. The second-order valence-electron chi connectivity index (χ2n) is 7.79. The lowest BCUT2D eigenvalue weighted by Gasteiger charge is -2.35. The molecule has 7 nitrogen and oxygen atoms in total. The lowest BCUT2D eigenvalue weighted by Crippen LogP contribution is -2.50. The molecule has 1 fully saturated rings. The lowest BCUT2D eigenvalue weighted by molar-refractivity contribution is -0.510. The molecular formula is C22H24N5O2+. The van der Waals surface area contributed by atoms with E-state index in [1.807, 2.05) is 53.0 Å². The minimum atomic E-state index is 0.0177. The average Bonchev–Trinajstić information content (AvgIpc) is 3.16. The highest BCUT2D eigenvalue weighted by atomic mass is 16.2. The molecular weight excluding hydrogens is 366 g/mol. The van der Waals surface area contributed by atoms with Crippen LogP contribution in [0.15, 0.2) is 48.9 Å². The molecule has 1 N–H and O–H groups in total. The van der Waals surface area contributed by atoms with Gasteiger partial charge in [-0.25, -0.2) is 9.20 Å². The molecule has 29 heavy (non-hydrogen) atoms. The number of nitrogens with zero attached hydrogens (tertiary/aromatic N) is 4. The van der Waals surface area contributed by atoms with Crippen LogP contribution < -0.4 is 14.6 Å². The number of rotatable bonds is 1. The van der Waals surface area contributed by atoms with E-state index in [0.717, 1.165) is 42.1 Å². The van der Waals surface area contributed by atoms with Crippen molar-refractivity contribution in [2.24, 2.45) is 0 Å². The van der Waals surface area contributed by atoms with Crippen LogP contribution in [0, 0.1) is 6.92 Å². The van der Waals surface area contributed by atoms with Gasteiger partial charge in [-0.05, 0) is 48.7 Å². The summed E-state index contributed by atoms with van der Waals surface area (Å²) in [7, 11) is 0. The number of imidazole rings is 1. The number of fused-ring (bicyclic) bond motifs is 2. The van der Waals surface area contributed by atoms with E-state index >= 15 is 0 Å². The largest absolute Gasteiger partial charge is 0.416 e. The highest BCUT2D eigenvalue weighted by Crippen LogP contribution is 2.28. The van der Waals surface area contributed by atoms with Crippen LogP contribution in [-0.4, -0.2) is 47.6 Å². The Bertz CT molecular complexity index is 1110. The van der Waals surface area contributed by atoms with Crippen LogP contribution in [0.3, 0.4) is 0 Å². The summed E-state index contributed by atoms with van der Waals surface area (Å²) in [6.07, 6.45) is 7.10. The third-order valence-corrected chi connectivity index (χ3v) is 5.83. The Hall–Kier alpha value is -3.35. The van der Waals surface area contributed by atoms with Crippen molar-refractivity contribution in [1.82, 2.24) is 9.47 Å². The highest BCUT2D eigenvalue weighted by Gasteiger charge is 2.28. The van der Waals surface area contributed by atoms with Crippen LogP contribution in [0.5, 0.6) is 0 Å². The van der Waals surface area contributed by atoms with Crippen LogP contribution in [0.2, 0.25) is 0 Å². The number of hydrogen-bond donors (Lipinski definition) is 1. The number of benzene rings is 1. The molecule has 7 heteroatoms. The third kappa shape index (κ3) is 3.22. The predicted octanol–water partition coefficient (Wildman–Crippen LogP) is 2.21. The SMILES string of the molecule is Cc1ccc2n(C(=O)N3CCN(c4ccc5c(c4)CCC(=O)N5)CC3)cc[n+]2c1. The number of aromatic nitrogens is 2. The van der Waals surface area contributed by atoms with Crippen molar-refractivity contribution in [3.05, 3.63) is 60.0 Å². The second kappa shape index (κ2) is 6.92. The molecule has 5 rings (SSSR count). The van der Waals surface area contributed by atoms with E-state index in [4.69, 9.17) is 0 Å². The van der Waals surface area contributed by atoms with E-state index in [9.17, 15) is 9.59 Å². The molecule has 0 bridgehead atoms. The molecule has 148 valence electrons. The molecule has 0 saturated carbocycles. The van der Waals surface area contributed by atoms with Crippen LogP contribution in [0.25, 0.3) is 5.65 Å². The van der Waals surface area contributed by atoms with Gasteiger partial charge in [0.25, 0.3) is 5.65 Å². The first-order valence-corrected chi connectivity index (χ1v) is 10.0. The van der Waals surface area contributed by atoms with Crippen molar-refractivity contribution in [3.63, 3.8) is 0 Å². The van der Waals surface area contributed by atoms with Crippen LogP contribution in [0.4, 0.5) is 16.2 Å². The third-order valence-electron chi connectivity index (χ3n) is 5.83. The number of aryl methyl sites for hydroxylation is 2. The fraction of sp³-hybridized carbons (Fsp3) is 0.318. The molecule has 2 aliphatic heterocycles. The van der Waals surface area contributed by atoms with Crippen molar-refractivity contribution in [2.45, 2.75) is 19.8 Å². The van der Waals surface area contributed by atoms with Gasteiger partial charge in [0, 0.05) is 50.0 Å². The van der Waals surface area contributed by atoms with Gasteiger partial charge in [0.05, 0.1) is 6.20 Å². The van der Waals surface area contributed by atoms with E-state index in [-0.39, 0.29) is 11.9 Å². The normalized spacial score (nSPS) is 16.7. The maximum atomic E-state index is 13.0. The first-order valence-electron chi connectivity index (χ1n) is 10.0. The molecule has 2 amide bonds. The van der Waals surface area contributed by atoms with Gasteiger partial charge in [-0.3, -0.25) is 4.79 Å². The van der Waals surface area contributed by atoms with E-state index in [1.165, 1.54) is 5.56 Å². The summed E-state index contributed by atoms with van der Waals surface area (Å²) in [6.45, 7) is 5.00. The predicted molar refractivity (Wildman–Crippen MR) is 110 cm³/mol. The van der Waals surface area contributed by atoms with Crippen molar-refractivity contribution in [2.75, 3.05) is 36.4 Å². The van der Waals surface area contributed by atoms with Crippen LogP contribution in [0.1, 0.15) is 17.5 Å². The molecule has 4 heterocycles. The van der Waals surface area contributed by atoms with Gasteiger partial charge in [0.2, 0.25) is 5.91 Å². The average molecular weight is 390 g/mol. The summed E-state index contributed by atoms with van der Waals surface area (Å²) in [5.41, 5.74) is 5.30. The number of hydrogen-bond acceptors (Lipinski definition) is 3. The Morgan fingerprint density at radius 2 is 1.90 bits per heavy atom. The molecule has 0 unspecified atom stereocenters. The van der Waals surface area contributed by atoms with Crippen LogP contribution in [-0.2, 0) is 11.2 Å². The number of pyridine rings is 1. The number of carbonyl (C=O) groups is 2. The van der Waals surface area contributed by atoms with E-state index in [2.05, 4.69) is 22.3 Å². The summed E-state index contributed by atoms with van der Waals surface area (Å²) < 4.78 is 3.70. The van der Waals surface area contributed by atoms with Crippen LogP contribution >= 0.6 is 0 Å². The summed E-state index contributed by atoms with van der Waals surface area (Å²) in [5, 5.41) is 2.93. The molecule has 1 saturated heterocycles. The van der Waals surface area contributed by atoms with E-state index in [0.29, 0.717) is 19.5 Å². The zero-order valence-corrected chi connectivity index (χ0v) is 16.5. The topological polar surface area (TPSA) is 61.7 Å². The first-order chi connectivity index (χ1) is 14.1. The summed E-state index contributed by atoms with van der Waals surface area (Å²) in [4.78, 5) is 28.8. The molecule has 0 aliphatic carbocycles. The molecule has 0 spiro atoms. The maximum Gasteiger partial charge on any atom is 0.416 e. The second-order valence-corrected chi connectivity index (χ2v) is 7.79. The van der Waals surface area contributed by atoms with Crippen molar-refractivity contribution in [1.29, 1.82) is 0 Å². The minimum Gasteiger partial charge on any atom is -0.368 e. The van der Waals surface area contributed by atoms with Gasteiger partial charge < -0.3 is 15.1 Å². The van der Waals surface area contributed by atoms with E-state index < -0.39 is 0 Å². The summed E-state index contributed by atoms with van der Waals surface area (Å²) in [6, 6.07) is 10.2. The Kier molecular flexibility index (Phi) is 4.23. The lowest BCUT2D eigenvalue weighted by atomic mass is 10.0. The fourth-order valence-electron chi connectivity index (χ4n) is 4.20. The van der Waals surface area contributed by atoms with Gasteiger partial charge in [0.15, 0.2) is 0 Å². The zero-order valence-electron chi connectivity index (χ0n) is 16.5. The smallest absolute Gasteiger partial charge is 0.368 e. The molecule has 2 aromatic heterocycles. The Balaban J connectivity index is 1.29. The number of anilines is 2. The quantitative estimate of drug-likeness (QED) is 0.648. The van der Waals surface area contributed by atoms with Crippen molar-refractivity contribution < 1.29 is 14.0 Å². The highest BCUT2D eigenvalue weighted by molar-refractivity contribution is 5.94. The molecule has 2 aliphatic rings. The fourth-order valence-corrected chi connectivity index (χ4v) is 4.20. The molecule has 0 atom stereocenters. The van der Waals surface area contributed by atoms with Gasteiger partial charge in [-0.2, -0.15) is 0 Å². The van der Waals surface area contributed by atoms with Gasteiger partial charge >= 0.3 is 6.03 Å². The van der Waals surface area contributed by atoms with Gasteiger partial charge in [0.1, 0.15) is 12.4 Å². The standard InChI is InChI=1S/C22H23N5O2/c1-16-2-7-21-26(15-16)12-13-27(21)22(29)25-10-8-24(9-11-25)18-4-5-19-17(14-18)3-6-20(28)23-19/h2,4-5,7,12-15H,3,6,8-11H2,1H3/p+1. The number of piperazine rings is 1. The Labute approximate surface area is 169 Å². The number of nitrogens with one attached hydrogen (secondary N) is 1. The summed E-state index contributed by atoms with van der Waals surface area (Å²) >= 11 is 0. The number of carbonyl (C=O) groups excluding carboxylic acids is 2. The van der Waals surface area contributed by atoms with Crippen molar-refractivity contribution in [3.8, 4) is 0 Å². The van der Waals surface area contributed by atoms with Gasteiger partial charge in [-0.15, -0.1) is 4.57 Å². The maximum absolute atomic E-state index is 13.0. The number of amides is 2. The molecule has 3 aromatic rings. The monoisotopic (exact) mass is 390 g/mol. The van der Waals surface area contributed by atoms with Crippen molar-refractivity contribution >= 4 is 29.0 Å². The van der Waals surface area contributed by atoms with E-state index in [1.54, 1.807) is 4.57 Å². The molecule has 1 aromatic carbocycles.